The monoisotopic (exact) mass is 245 g/mol. The van der Waals surface area contributed by atoms with Crippen molar-refractivity contribution >= 4 is 23.3 Å². The minimum Gasteiger partial charge on any atom is -0.481 e. The van der Waals surface area contributed by atoms with E-state index in [4.69, 9.17) is 16.7 Å². The maximum atomic E-state index is 13.4. The van der Waals surface area contributed by atoms with E-state index in [1.54, 1.807) is 12.1 Å². The number of hydrogen-bond donors (Lipinski definition) is 2. The average Bonchev–Trinajstić information content (AvgIpc) is 2.23. The summed E-state index contributed by atoms with van der Waals surface area (Å²) in [6.07, 6.45) is 1.39. The Bertz CT molecular complexity index is 371. The first-order valence-electron chi connectivity index (χ1n) is 5.01. The fourth-order valence-corrected chi connectivity index (χ4v) is 1.44. The molecular weight excluding hydrogens is 233 g/mol. The number of aliphatic carboxylic acids is 1. The first kappa shape index (κ1) is 12.8. The summed E-state index contributed by atoms with van der Waals surface area (Å²) in [7, 11) is 0. The largest absolute Gasteiger partial charge is 0.481 e. The van der Waals surface area contributed by atoms with Gasteiger partial charge in [-0.1, -0.05) is 17.7 Å². The van der Waals surface area contributed by atoms with Gasteiger partial charge in [0.05, 0.1) is 10.7 Å². The molecule has 0 aliphatic carbocycles. The van der Waals surface area contributed by atoms with Crippen molar-refractivity contribution in [3.05, 3.63) is 29.0 Å². The van der Waals surface area contributed by atoms with Crippen LogP contribution in [0.1, 0.15) is 19.3 Å². The molecule has 88 valence electrons. The van der Waals surface area contributed by atoms with E-state index in [-0.39, 0.29) is 11.4 Å². The van der Waals surface area contributed by atoms with Crippen LogP contribution in [0.5, 0.6) is 0 Å². The molecule has 0 saturated carbocycles. The number of carboxylic acid groups (broad SMARTS) is 1. The third-order valence-corrected chi connectivity index (χ3v) is 2.38. The van der Waals surface area contributed by atoms with E-state index < -0.39 is 11.8 Å². The maximum Gasteiger partial charge on any atom is 0.303 e. The maximum absolute atomic E-state index is 13.4. The number of hydrogen-bond acceptors (Lipinski definition) is 2. The summed E-state index contributed by atoms with van der Waals surface area (Å²) in [4.78, 5) is 10.2. The predicted octanol–water partition coefficient (Wildman–Crippen LogP) is 3.15. The van der Waals surface area contributed by atoms with Crippen molar-refractivity contribution < 1.29 is 14.3 Å². The summed E-state index contributed by atoms with van der Waals surface area (Å²) in [5.74, 6) is -1.28. The van der Waals surface area contributed by atoms with E-state index in [0.717, 1.165) is 0 Å². The molecule has 1 rings (SSSR count). The smallest absolute Gasteiger partial charge is 0.303 e. The molecular formula is C11H13ClFNO2. The lowest BCUT2D eigenvalue weighted by atomic mass is 10.2. The van der Waals surface area contributed by atoms with Gasteiger partial charge in [-0.2, -0.15) is 0 Å². The van der Waals surface area contributed by atoms with E-state index in [2.05, 4.69) is 5.32 Å². The van der Waals surface area contributed by atoms with Gasteiger partial charge in [0, 0.05) is 13.0 Å². The van der Waals surface area contributed by atoms with Crippen LogP contribution in [-0.2, 0) is 4.79 Å². The van der Waals surface area contributed by atoms with E-state index in [0.29, 0.717) is 25.1 Å². The van der Waals surface area contributed by atoms with Crippen molar-refractivity contribution in [1.82, 2.24) is 0 Å². The number of rotatable bonds is 6. The molecule has 0 aliphatic rings. The molecule has 0 aromatic heterocycles. The van der Waals surface area contributed by atoms with Crippen molar-refractivity contribution in [2.24, 2.45) is 0 Å². The molecule has 0 amide bonds. The molecule has 0 bridgehead atoms. The van der Waals surface area contributed by atoms with Crippen LogP contribution in [0, 0.1) is 5.82 Å². The third kappa shape index (κ3) is 4.06. The van der Waals surface area contributed by atoms with Crippen molar-refractivity contribution in [2.45, 2.75) is 19.3 Å². The van der Waals surface area contributed by atoms with Gasteiger partial charge in [-0.05, 0) is 25.0 Å². The zero-order valence-corrected chi connectivity index (χ0v) is 9.43. The van der Waals surface area contributed by atoms with Crippen LogP contribution in [0.3, 0.4) is 0 Å². The third-order valence-electron chi connectivity index (χ3n) is 2.08. The second kappa shape index (κ2) is 6.33. The molecule has 3 nitrogen and oxygen atoms in total. The number of carboxylic acids is 1. The highest BCUT2D eigenvalue weighted by molar-refractivity contribution is 6.31. The molecule has 0 aliphatic heterocycles. The molecule has 0 fully saturated rings. The number of anilines is 1. The zero-order valence-electron chi connectivity index (χ0n) is 8.67. The van der Waals surface area contributed by atoms with Gasteiger partial charge in [-0.25, -0.2) is 4.39 Å². The molecule has 1 aromatic carbocycles. The van der Waals surface area contributed by atoms with Crippen LogP contribution in [0.2, 0.25) is 5.02 Å². The Kier molecular flexibility index (Phi) is 5.05. The normalized spacial score (nSPS) is 10.1. The highest BCUT2D eigenvalue weighted by Crippen LogP contribution is 2.21. The van der Waals surface area contributed by atoms with Gasteiger partial charge in [-0.3, -0.25) is 4.79 Å². The van der Waals surface area contributed by atoms with Crippen LogP contribution in [0.25, 0.3) is 0 Å². The second-order valence-corrected chi connectivity index (χ2v) is 3.79. The fraction of sp³-hybridized carbons (Fsp3) is 0.364. The standard InChI is InChI=1S/C11H13ClFNO2/c12-8-4-3-5-9(11(8)13)14-7-2-1-6-10(15)16/h3-5,14H,1-2,6-7H2,(H,15,16). The number of carbonyl (C=O) groups is 1. The molecule has 5 heteroatoms. The van der Waals surface area contributed by atoms with Gasteiger partial charge in [0.1, 0.15) is 0 Å². The Labute approximate surface area is 98.2 Å². The number of halogens is 2. The van der Waals surface area contributed by atoms with Gasteiger partial charge in [-0.15, -0.1) is 0 Å². The van der Waals surface area contributed by atoms with Crippen LogP contribution in [0.15, 0.2) is 18.2 Å². The van der Waals surface area contributed by atoms with Gasteiger partial charge in [0.15, 0.2) is 5.82 Å². The Morgan fingerprint density at radius 2 is 2.19 bits per heavy atom. The Balaban J connectivity index is 2.32. The summed E-state index contributed by atoms with van der Waals surface area (Å²) < 4.78 is 13.4. The first-order chi connectivity index (χ1) is 7.61. The van der Waals surface area contributed by atoms with Crippen molar-refractivity contribution in [2.75, 3.05) is 11.9 Å². The van der Waals surface area contributed by atoms with Gasteiger partial charge >= 0.3 is 5.97 Å². The molecule has 0 unspecified atom stereocenters. The minimum absolute atomic E-state index is 0.0792. The number of unbranched alkanes of at least 4 members (excludes halogenated alkanes) is 1. The molecule has 16 heavy (non-hydrogen) atoms. The summed E-state index contributed by atoms with van der Waals surface area (Å²) in [5, 5.41) is 11.4. The summed E-state index contributed by atoms with van der Waals surface area (Å²) in [6.45, 7) is 0.532. The van der Waals surface area contributed by atoms with Crippen LogP contribution < -0.4 is 5.32 Å². The topological polar surface area (TPSA) is 49.3 Å². The Hall–Kier alpha value is -1.29. The fourth-order valence-electron chi connectivity index (χ4n) is 1.26. The predicted molar refractivity (Wildman–Crippen MR) is 61.4 cm³/mol. The van der Waals surface area contributed by atoms with Crippen LogP contribution >= 0.6 is 11.6 Å². The molecule has 2 N–H and O–H groups in total. The molecule has 0 spiro atoms. The lowest BCUT2D eigenvalue weighted by molar-refractivity contribution is -0.137. The highest BCUT2D eigenvalue weighted by atomic mass is 35.5. The summed E-state index contributed by atoms with van der Waals surface area (Å²) >= 11 is 5.60. The lowest BCUT2D eigenvalue weighted by Gasteiger charge is -2.07. The molecule has 0 radical (unpaired) electrons. The average molecular weight is 246 g/mol. The summed E-state index contributed by atoms with van der Waals surface area (Å²) in [6, 6.07) is 4.73. The molecule has 0 saturated heterocycles. The van der Waals surface area contributed by atoms with E-state index in [1.165, 1.54) is 6.07 Å². The van der Waals surface area contributed by atoms with Gasteiger partial charge < -0.3 is 10.4 Å². The Morgan fingerprint density at radius 1 is 1.44 bits per heavy atom. The van der Waals surface area contributed by atoms with E-state index >= 15 is 0 Å². The van der Waals surface area contributed by atoms with E-state index in [1.807, 2.05) is 0 Å². The zero-order chi connectivity index (χ0) is 12.0. The van der Waals surface area contributed by atoms with Crippen molar-refractivity contribution in [1.29, 1.82) is 0 Å². The molecule has 0 atom stereocenters. The lowest BCUT2D eigenvalue weighted by Crippen LogP contribution is -2.04. The second-order valence-electron chi connectivity index (χ2n) is 3.38. The van der Waals surface area contributed by atoms with Crippen LogP contribution in [-0.4, -0.2) is 17.6 Å². The highest BCUT2D eigenvalue weighted by Gasteiger charge is 2.04. The van der Waals surface area contributed by atoms with E-state index in [9.17, 15) is 9.18 Å². The molecule has 1 aromatic rings. The Morgan fingerprint density at radius 3 is 2.88 bits per heavy atom. The number of benzene rings is 1. The van der Waals surface area contributed by atoms with Crippen molar-refractivity contribution in [3.63, 3.8) is 0 Å². The van der Waals surface area contributed by atoms with Crippen LogP contribution in [0.4, 0.5) is 10.1 Å². The first-order valence-corrected chi connectivity index (χ1v) is 5.38. The quantitative estimate of drug-likeness (QED) is 0.757. The number of nitrogens with one attached hydrogen (secondary N) is 1. The van der Waals surface area contributed by atoms with Gasteiger partial charge in [0.2, 0.25) is 0 Å². The molecule has 0 heterocycles. The minimum atomic E-state index is -0.811. The van der Waals surface area contributed by atoms with Gasteiger partial charge in [0.25, 0.3) is 0 Å². The SMILES string of the molecule is O=C(O)CCCCNc1cccc(Cl)c1F. The van der Waals surface area contributed by atoms with Crippen molar-refractivity contribution in [3.8, 4) is 0 Å². The summed E-state index contributed by atoms with van der Waals surface area (Å²) in [5.41, 5.74) is 0.350.